The van der Waals surface area contributed by atoms with Crippen LogP contribution in [0.1, 0.15) is 0 Å². The first kappa shape index (κ1) is 35.7. The fourth-order valence-electron chi connectivity index (χ4n) is 9.61. The minimum atomic E-state index is 1.14. The molecular weight excluding hydrogens is 749 g/mol. The zero-order chi connectivity index (χ0) is 41.0. The highest BCUT2D eigenvalue weighted by Gasteiger charge is 2.19. The molecule has 0 spiro atoms. The lowest BCUT2D eigenvalue weighted by Gasteiger charge is -2.11. The Balaban J connectivity index is 1.06. The van der Waals surface area contributed by atoms with Crippen LogP contribution < -0.4 is 0 Å². The molecule has 12 rings (SSSR count). The first-order chi connectivity index (χ1) is 30.7. The maximum Gasteiger partial charge on any atom is 0.0547 e. The van der Waals surface area contributed by atoms with Crippen molar-refractivity contribution < 1.29 is 0 Å². The van der Waals surface area contributed by atoms with Crippen molar-refractivity contribution in [2.75, 3.05) is 0 Å². The molecule has 0 amide bonds. The molecule has 0 saturated carbocycles. The summed E-state index contributed by atoms with van der Waals surface area (Å²) in [7, 11) is 0. The molecule has 0 aliphatic rings. The second-order valence-electron chi connectivity index (χ2n) is 16.1. The Hall–Kier alpha value is -8.20. The minimum absolute atomic E-state index is 1.14. The molecule has 290 valence electrons. The van der Waals surface area contributed by atoms with Crippen molar-refractivity contribution in [3.63, 3.8) is 0 Å². The van der Waals surface area contributed by atoms with Crippen LogP contribution in [-0.4, -0.2) is 9.13 Å². The molecule has 0 radical (unpaired) electrons. The average molecular weight is 789 g/mol. The van der Waals surface area contributed by atoms with Crippen LogP contribution in [0.15, 0.2) is 243 Å². The van der Waals surface area contributed by atoms with Gasteiger partial charge in [-0.15, -0.1) is 0 Å². The summed E-state index contributed by atoms with van der Waals surface area (Å²) in [6.45, 7) is 0. The van der Waals surface area contributed by atoms with Crippen molar-refractivity contribution in [2.24, 2.45) is 0 Å². The zero-order valence-electron chi connectivity index (χ0n) is 34.0. The van der Waals surface area contributed by atoms with Gasteiger partial charge in [0.1, 0.15) is 0 Å². The van der Waals surface area contributed by atoms with E-state index in [2.05, 4.69) is 252 Å². The summed E-state index contributed by atoms with van der Waals surface area (Å²) < 4.78 is 4.86. The van der Waals surface area contributed by atoms with Gasteiger partial charge in [-0.25, -0.2) is 0 Å². The minimum Gasteiger partial charge on any atom is -0.309 e. The van der Waals surface area contributed by atoms with Gasteiger partial charge in [0.05, 0.1) is 22.1 Å². The molecule has 0 bridgehead atoms. The fraction of sp³-hybridized carbons (Fsp3) is 0. The van der Waals surface area contributed by atoms with Gasteiger partial charge >= 0.3 is 0 Å². The highest BCUT2D eigenvalue weighted by Crippen LogP contribution is 2.42. The second-order valence-corrected chi connectivity index (χ2v) is 16.1. The van der Waals surface area contributed by atoms with E-state index in [0.717, 1.165) is 11.4 Å². The summed E-state index contributed by atoms with van der Waals surface area (Å²) in [6, 6.07) is 88.4. The third-order valence-corrected chi connectivity index (χ3v) is 12.5. The van der Waals surface area contributed by atoms with Gasteiger partial charge in [-0.1, -0.05) is 176 Å². The highest BCUT2D eigenvalue weighted by molar-refractivity contribution is 6.17. The molecule has 0 atom stereocenters. The molecule has 0 saturated heterocycles. The molecule has 2 aromatic heterocycles. The van der Waals surface area contributed by atoms with Crippen LogP contribution >= 0.6 is 0 Å². The van der Waals surface area contributed by atoms with Crippen molar-refractivity contribution in [2.45, 2.75) is 0 Å². The summed E-state index contributed by atoms with van der Waals surface area (Å²) >= 11 is 0. The lowest BCUT2D eigenvalue weighted by atomic mass is 9.95. The molecule has 0 N–H and O–H groups in total. The van der Waals surface area contributed by atoms with Gasteiger partial charge in [0.2, 0.25) is 0 Å². The number of aromatic nitrogens is 2. The first-order valence-corrected chi connectivity index (χ1v) is 21.3. The van der Waals surface area contributed by atoms with E-state index in [1.807, 2.05) is 0 Å². The lowest BCUT2D eigenvalue weighted by Crippen LogP contribution is -1.94. The molecule has 2 heterocycles. The number of para-hydroxylation sites is 1. The molecule has 2 heteroatoms. The van der Waals surface area contributed by atoms with Gasteiger partial charge in [0, 0.05) is 32.9 Å². The van der Waals surface area contributed by atoms with E-state index in [1.165, 1.54) is 99.2 Å². The number of hydrogen-bond donors (Lipinski definition) is 0. The Labute approximate surface area is 360 Å². The smallest absolute Gasteiger partial charge is 0.0547 e. The molecule has 62 heavy (non-hydrogen) atoms. The summed E-state index contributed by atoms with van der Waals surface area (Å²) in [5.41, 5.74) is 19.1. The number of benzene rings is 10. The molecule has 2 nitrogen and oxygen atoms in total. The largest absolute Gasteiger partial charge is 0.309 e. The monoisotopic (exact) mass is 788 g/mol. The van der Waals surface area contributed by atoms with Gasteiger partial charge < -0.3 is 9.13 Å². The Bertz CT molecular complexity index is 3610. The Morgan fingerprint density at radius 1 is 0.210 bits per heavy atom. The molecule has 0 fully saturated rings. The van der Waals surface area contributed by atoms with Crippen LogP contribution in [0, 0.1) is 0 Å². The van der Waals surface area contributed by atoms with Gasteiger partial charge in [0.25, 0.3) is 0 Å². The zero-order valence-corrected chi connectivity index (χ0v) is 34.0. The van der Waals surface area contributed by atoms with Crippen LogP contribution in [0.25, 0.3) is 111 Å². The molecular formula is C60H40N2. The van der Waals surface area contributed by atoms with E-state index >= 15 is 0 Å². The van der Waals surface area contributed by atoms with Gasteiger partial charge in [0.15, 0.2) is 0 Å². The van der Waals surface area contributed by atoms with Gasteiger partial charge in [-0.3, -0.25) is 0 Å². The maximum atomic E-state index is 2.45. The van der Waals surface area contributed by atoms with E-state index in [1.54, 1.807) is 0 Å². The Morgan fingerprint density at radius 3 is 1.23 bits per heavy atom. The van der Waals surface area contributed by atoms with E-state index in [9.17, 15) is 0 Å². The normalized spacial score (nSPS) is 11.5. The van der Waals surface area contributed by atoms with Crippen LogP contribution in [0.4, 0.5) is 0 Å². The SMILES string of the molecule is c1ccc(-c2cccc(-c3cccc4c3c3cc(-c5ccc6c(c5)c5ccccc5n6-c5cccc(-c6ccccc6)c5)ccc3n4-c3cccc(-c4ccccc4)c3)c2)cc1. The molecule has 0 aliphatic heterocycles. The van der Waals surface area contributed by atoms with Crippen LogP contribution in [-0.2, 0) is 0 Å². The van der Waals surface area contributed by atoms with Crippen molar-refractivity contribution in [1.82, 2.24) is 9.13 Å². The van der Waals surface area contributed by atoms with Crippen LogP contribution in [0.3, 0.4) is 0 Å². The first-order valence-electron chi connectivity index (χ1n) is 21.3. The van der Waals surface area contributed by atoms with Crippen molar-refractivity contribution in [1.29, 1.82) is 0 Å². The molecule has 0 aliphatic carbocycles. The van der Waals surface area contributed by atoms with Crippen molar-refractivity contribution in [3.8, 4) is 67.0 Å². The third-order valence-electron chi connectivity index (χ3n) is 12.5. The Kier molecular flexibility index (Phi) is 8.53. The maximum absolute atomic E-state index is 2.45. The van der Waals surface area contributed by atoms with E-state index in [4.69, 9.17) is 0 Å². The molecule has 10 aromatic carbocycles. The summed E-state index contributed by atoms with van der Waals surface area (Å²) in [5.74, 6) is 0. The number of fused-ring (bicyclic) bond motifs is 6. The van der Waals surface area contributed by atoms with E-state index in [0.29, 0.717) is 0 Å². The van der Waals surface area contributed by atoms with Crippen molar-refractivity contribution in [3.05, 3.63) is 243 Å². The number of rotatable bonds is 7. The quantitative estimate of drug-likeness (QED) is 0.152. The second kappa shape index (κ2) is 14.8. The average Bonchev–Trinajstić information content (AvgIpc) is 3.87. The topological polar surface area (TPSA) is 9.86 Å². The van der Waals surface area contributed by atoms with Crippen molar-refractivity contribution >= 4 is 43.6 Å². The fourth-order valence-corrected chi connectivity index (χ4v) is 9.61. The summed E-state index contributed by atoms with van der Waals surface area (Å²) in [4.78, 5) is 0. The van der Waals surface area contributed by atoms with Crippen LogP contribution in [0.5, 0.6) is 0 Å². The van der Waals surface area contributed by atoms with Gasteiger partial charge in [-0.2, -0.15) is 0 Å². The van der Waals surface area contributed by atoms with E-state index < -0.39 is 0 Å². The predicted octanol–water partition coefficient (Wildman–Crippen LogP) is 16.2. The standard InChI is InChI=1S/C60H40N2/c1-4-16-41(17-5-1)44-22-12-25-49(36-44)52-29-15-31-59-60(52)55-40-48(33-35-58(55)62(59)51-27-14-24-46(38-51)43-20-8-3-9-21-43)47-32-34-57-54(39-47)53-28-10-11-30-56(53)61(57)50-26-13-23-45(37-50)42-18-6-2-7-19-42/h1-40H. The molecule has 0 unspecified atom stereocenters. The highest BCUT2D eigenvalue weighted by atomic mass is 15.0. The number of hydrogen-bond acceptors (Lipinski definition) is 0. The summed E-state index contributed by atoms with van der Waals surface area (Å²) in [5, 5.41) is 4.95. The summed E-state index contributed by atoms with van der Waals surface area (Å²) in [6.07, 6.45) is 0. The predicted molar refractivity (Wildman–Crippen MR) is 262 cm³/mol. The van der Waals surface area contributed by atoms with E-state index in [-0.39, 0.29) is 0 Å². The third kappa shape index (κ3) is 6.04. The number of nitrogens with zero attached hydrogens (tertiary/aromatic N) is 2. The van der Waals surface area contributed by atoms with Crippen LogP contribution in [0.2, 0.25) is 0 Å². The lowest BCUT2D eigenvalue weighted by molar-refractivity contribution is 1.18. The van der Waals surface area contributed by atoms with Gasteiger partial charge in [-0.05, 0) is 122 Å². The Morgan fingerprint density at radius 2 is 0.613 bits per heavy atom. The molecule has 12 aromatic rings.